The van der Waals surface area contributed by atoms with Crippen LogP contribution in [0.5, 0.6) is 17.2 Å². The van der Waals surface area contributed by atoms with E-state index in [1.165, 1.54) is 5.56 Å². The van der Waals surface area contributed by atoms with Gasteiger partial charge >= 0.3 is 0 Å². The highest BCUT2D eigenvalue weighted by Gasteiger charge is 2.19. The molecular weight excluding hydrogens is 372 g/mol. The van der Waals surface area contributed by atoms with Crippen molar-refractivity contribution in [1.82, 2.24) is 0 Å². The van der Waals surface area contributed by atoms with Crippen LogP contribution in [-0.4, -0.2) is 15.3 Å². The van der Waals surface area contributed by atoms with Gasteiger partial charge in [-0.2, -0.15) is 0 Å². The molecular formula is C27H24O3. The molecule has 0 saturated heterocycles. The number of aromatic hydroxyl groups is 3. The summed E-state index contributed by atoms with van der Waals surface area (Å²) in [5.74, 6) is 0.874. The number of benzene rings is 4. The van der Waals surface area contributed by atoms with Crippen LogP contribution in [0.15, 0.2) is 97.1 Å². The smallest absolute Gasteiger partial charge is 0.115 e. The van der Waals surface area contributed by atoms with Crippen LogP contribution in [0.1, 0.15) is 46.6 Å². The molecule has 3 N–H and O–H groups in total. The minimum absolute atomic E-state index is 0.0295. The molecule has 0 saturated carbocycles. The van der Waals surface area contributed by atoms with E-state index in [2.05, 4.69) is 31.2 Å². The molecule has 3 nitrogen and oxygen atoms in total. The van der Waals surface area contributed by atoms with Crippen LogP contribution in [0.3, 0.4) is 0 Å². The summed E-state index contributed by atoms with van der Waals surface area (Å²) in [7, 11) is 0. The second-order valence-corrected chi connectivity index (χ2v) is 7.60. The summed E-state index contributed by atoms with van der Waals surface area (Å²) < 4.78 is 0. The third-order valence-electron chi connectivity index (χ3n) is 5.59. The largest absolute Gasteiger partial charge is 0.508 e. The lowest BCUT2D eigenvalue weighted by atomic mass is 9.83. The van der Waals surface area contributed by atoms with Gasteiger partial charge in [0.2, 0.25) is 0 Å². The van der Waals surface area contributed by atoms with E-state index in [9.17, 15) is 15.3 Å². The second-order valence-electron chi connectivity index (χ2n) is 7.60. The molecule has 0 aliphatic carbocycles. The fourth-order valence-corrected chi connectivity index (χ4v) is 3.87. The molecule has 150 valence electrons. The zero-order chi connectivity index (χ0) is 21.1. The Morgan fingerprint density at radius 1 is 0.467 bits per heavy atom. The van der Waals surface area contributed by atoms with Crippen LogP contribution in [0.25, 0.3) is 0 Å². The molecule has 0 heterocycles. The van der Waals surface area contributed by atoms with Gasteiger partial charge in [-0.1, -0.05) is 67.6 Å². The third kappa shape index (κ3) is 4.15. The maximum absolute atomic E-state index is 9.73. The average Bonchev–Trinajstić information content (AvgIpc) is 2.77. The van der Waals surface area contributed by atoms with Gasteiger partial charge < -0.3 is 15.3 Å². The highest BCUT2D eigenvalue weighted by atomic mass is 16.3. The second kappa shape index (κ2) is 8.34. The molecule has 0 bridgehead atoms. The molecule has 0 fully saturated rings. The number of rotatable bonds is 5. The molecule has 0 aromatic heterocycles. The zero-order valence-electron chi connectivity index (χ0n) is 16.7. The summed E-state index contributed by atoms with van der Waals surface area (Å²) in [5, 5.41) is 29.0. The topological polar surface area (TPSA) is 60.7 Å². The monoisotopic (exact) mass is 396 g/mol. The lowest BCUT2D eigenvalue weighted by Crippen LogP contribution is -2.05. The average molecular weight is 396 g/mol. The molecule has 4 aromatic rings. The van der Waals surface area contributed by atoms with Gasteiger partial charge in [-0.05, 0) is 64.2 Å². The van der Waals surface area contributed by atoms with Gasteiger partial charge in [0.15, 0.2) is 0 Å². The van der Waals surface area contributed by atoms with E-state index in [-0.39, 0.29) is 29.1 Å². The van der Waals surface area contributed by atoms with Crippen LogP contribution in [0, 0.1) is 0 Å². The first-order chi connectivity index (χ1) is 14.5. The van der Waals surface area contributed by atoms with Crippen molar-refractivity contribution in [3.05, 3.63) is 125 Å². The summed E-state index contributed by atoms with van der Waals surface area (Å²) >= 11 is 0. The molecule has 1 atom stereocenters. The summed E-state index contributed by atoms with van der Waals surface area (Å²) in [5.41, 5.74) is 5.58. The van der Waals surface area contributed by atoms with Crippen LogP contribution < -0.4 is 0 Å². The minimum Gasteiger partial charge on any atom is -0.508 e. The third-order valence-corrected chi connectivity index (χ3v) is 5.59. The fourth-order valence-electron chi connectivity index (χ4n) is 3.87. The molecule has 0 aliphatic heterocycles. The Labute approximate surface area is 176 Å². The zero-order valence-corrected chi connectivity index (χ0v) is 16.7. The summed E-state index contributed by atoms with van der Waals surface area (Å²) in [4.78, 5) is 0. The van der Waals surface area contributed by atoms with Crippen molar-refractivity contribution in [2.75, 3.05) is 0 Å². The number of phenols is 3. The van der Waals surface area contributed by atoms with Crippen molar-refractivity contribution >= 4 is 0 Å². The molecule has 3 heteroatoms. The van der Waals surface area contributed by atoms with Crippen molar-refractivity contribution in [2.45, 2.75) is 18.8 Å². The van der Waals surface area contributed by atoms with Gasteiger partial charge in [-0.3, -0.25) is 0 Å². The lowest BCUT2D eigenvalue weighted by molar-refractivity contribution is 0.474. The van der Waals surface area contributed by atoms with Crippen LogP contribution in [0.4, 0.5) is 0 Å². The molecule has 0 radical (unpaired) electrons. The molecule has 30 heavy (non-hydrogen) atoms. The van der Waals surface area contributed by atoms with Crippen LogP contribution >= 0.6 is 0 Å². The first kappa shape index (κ1) is 19.6. The quantitative estimate of drug-likeness (QED) is 0.355. The van der Waals surface area contributed by atoms with E-state index in [0.717, 1.165) is 22.3 Å². The van der Waals surface area contributed by atoms with Gasteiger partial charge in [0.05, 0.1) is 0 Å². The van der Waals surface area contributed by atoms with Crippen molar-refractivity contribution in [3.8, 4) is 17.2 Å². The maximum atomic E-state index is 9.73. The fraction of sp³-hybridized carbons (Fsp3) is 0.111. The highest BCUT2D eigenvalue weighted by molar-refractivity contribution is 5.47. The van der Waals surface area contributed by atoms with Crippen LogP contribution in [-0.2, 0) is 0 Å². The predicted molar refractivity (Wildman–Crippen MR) is 119 cm³/mol. The van der Waals surface area contributed by atoms with E-state index < -0.39 is 0 Å². The number of hydrogen-bond acceptors (Lipinski definition) is 3. The summed E-state index contributed by atoms with van der Waals surface area (Å²) in [6.07, 6.45) is 0. The Morgan fingerprint density at radius 2 is 0.867 bits per heavy atom. The molecule has 0 aliphatic rings. The Hall–Kier alpha value is -3.72. The number of phenolic OH excluding ortho intramolecular Hbond substituents is 3. The minimum atomic E-state index is -0.0295. The van der Waals surface area contributed by atoms with Gasteiger partial charge in [-0.25, -0.2) is 0 Å². The van der Waals surface area contributed by atoms with Crippen LogP contribution in [0.2, 0.25) is 0 Å². The SMILES string of the molecule is CC(c1ccc(O)cc1)c1cccc(C(c2ccc(O)cc2)c2ccc(O)cc2)c1. The van der Waals surface area contributed by atoms with Crippen molar-refractivity contribution in [3.63, 3.8) is 0 Å². The number of hydrogen-bond donors (Lipinski definition) is 3. The molecule has 0 amide bonds. The van der Waals surface area contributed by atoms with Gasteiger partial charge in [0, 0.05) is 11.8 Å². The summed E-state index contributed by atoms with van der Waals surface area (Å²) in [6.45, 7) is 2.15. The normalized spacial score (nSPS) is 12.1. The standard InChI is InChI=1S/C27H24O3/c1-18(19-5-11-24(28)12-6-19)22-3-2-4-23(17-22)27(20-7-13-25(29)14-8-20)21-9-15-26(30)16-10-21/h2-18,27-30H,1H3. The first-order valence-electron chi connectivity index (χ1n) is 9.98. The molecule has 0 spiro atoms. The molecule has 4 aromatic carbocycles. The van der Waals surface area contributed by atoms with E-state index in [1.54, 1.807) is 36.4 Å². The highest BCUT2D eigenvalue weighted by Crippen LogP contribution is 2.35. The van der Waals surface area contributed by atoms with Gasteiger partial charge in [-0.15, -0.1) is 0 Å². The van der Waals surface area contributed by atoms with E-state index in [0.29, 0.717) is 0 Å². The Bertz CT molecular complexity index is 1070. The Balaban J connectivity index is 1.77. The van der Waals surface area contributed by atoms with Gasteiger partial charge in [0.1, 0.15) is 17.2 Å². The van der Waals surface area contributed by atoms with Crippen molar-refractivity contribution in [2.24, 2.45) is 0 Å². The van der Waals surface area contributed by atoms with E-state index in [1.807, 2.05) is 36.4 Å². The first-order valence-corrected chi connectivity index (χ1v) is 9.98. The Kier molecular flexibility index (Phi) is 5.44. The molecule has 1 unspecified atom stereocenters. The lowest BCUT2D eigenvalue weighted by Gasteiger charge is -2.21. The van der Waals surface area contributed by atoms with Crippen molar-refractivity contribution < 1.29 is 15.3 Å². The predicted octanol–water partition coefficient (Wildman–Crippen LogP) is 6.14. The molecule has 4 rings (SSSR count). The van der Waals surface area contributed by atoms with Gasteiger partial charge in [0.25, 0.3) is 0 Å². The Morgan fingerprint density at radius 3 is 1.33 bits per heavy atom. The van der Waals surface area contributed by atoms with E-state index >= 15 is 0 Å². The van der Waals surface area contributed by atoms with Crippen molar-refractivity contribution in [1.29, 1.82) is 0 Å². The summed E-state index contributed by atoms with van der Waals surface area (Å²) in [6, 6.07) is 30.4. The maximum Gasteiger partial charge on any atom is 0.115 e. The van der Waals surface area contributed by atoms with E-state index in [4.69, 9.17) is 0 Å².